The Kier molecular flexibility index (Phi) is 3.57. The van der Waals surface area contributed by atoms with Crippen molar-refractivity contribution < 1.29 is 0 Å². The van der Waals surface area contributed by atoms with Crippen LogP contribution in [0.25, 0.3) is 0 Å². The van der Waals surface area contributed by atoms with Crippen LogP contribution < -0.4 is 5.19 Å². The van der Waals surface area contributed by atoms with Crippen LogP contribution >= 0.6 is 0 Å². The molecule has 0 aliphatic carbocycles. The molecule has 0 saturated heterocycles. The van der Waals surface area contributed by atoms with Crippen molar-refractivity contribution in [3.8, 4) is 0 Å². The summed E-state index contributed by atoms with van der Waals surface area (Å²) in [7, 11) is -0.432. The van der Waals surface area contributed by atoms with E-state index in [9.17, 15) is 0 Å². The zero-order valence-electron chi connectivity index (χ0n) is 9.90. The molecule has 2 aromatic carbocycles. The highest BCUT2D eigenvalue weighted by atomic mass is 28.3. The predicted octanol–water partition coefficient (Wildman–Crippen LogP) is 3.11. The molecule has 0 aliphatic heterocycles. The van der Waals surface area contributed by atoms with Gasteiger partial charge in [0.15, 0.2) is 0 Å². The van der Waals surface area contributed by atoms with Gasteiger partial charge in [0.1, 0.15) is 0 Å². The Balaban J connectivity index is 2.08. The fraction of sp³-hybridized carbons (Fsp3) is 0.200. The van der Waals surface area contributed by atoms with Crippen molar-refractivity contribution in [2.75, 3.05) is 0 Å². The third-order valence-corrected chi connectivity index (χ3v) is 5.11. The van der Waals surface area contributed by atoms with E-state index in [4.69, 9.17) is 0 Å². The van der Waals surface area contributed by atoms with E-state index in [2.05, 4.69) is 68.1 Å². The maximum Gasteiger partial charge on any atom is 0.0869 e. The molecule has 0 unspecified atom stereocenters. The van der Waals surface area contributed by atoms with E-state index in [0.717, 1.165) is 0 Å². The summed E-state index contributed by atoms with van der Waals surface area (Å²) >= 11 is 0. The summed E-state index contributed by atoms with van der Waals surface area (Å²) in [6.45, 7) is 4.53. The van der Waals surface area contributed by atoms with Crippen molar-refractivity contribution in [1.82, 2.24) is 0 Å². The molecular formula is C15H17Si. The van der Waals surface area contributed by atoms with E-state index >= 15 is 0 Å². The summed E-state index contributed by atoms with van der Waals surface area (Å²) in [5, 5.41) is 1.52. The van der Waals surface area contributed by atoms with Crippen molar-refractivity contribution in [2.45, 2.75) is 19.5 Å². The first-order chi connectivity index (χ1) is 7.75. The molecule has 0 aliphatic rings. The zero-order valence-corrected chi connectivity index (χ0v) is 10.9. The Morgan fingerprint density at radius 3 is 2.12 bits per heavy atom. The van der Waals surface area contributed by atoms with Gasteiger partial charge in [-0.25, -0.2) is 0 Å². The van der Waals surface area contributed by atoms with Crippen molar-refractivity contribution in [3.63, 3.8) is 0 Å². The number of benzene rings is 2. The van der Waals surface area contributed by atoms with E-state index in [1.807, 2.05) is 0 Å². The molecule has 0 heterocycles. The predicted molar refractivity (Wildman–Crippen MR) is 72.6 cm³/mol. The average molecular weight is 225 g/mol. The van der Waals surface area contributed by atoms with Crippen LogP contribution in [-0.2, 0) is 6.04 Å². The molecular weight excluding hydrogens is 208 g/mol. The van der Waals surface area contributed by atoms with Crippen molar-refractivity contribution in [3.05, 3.63) is 65.7 Å². The zero-order chi connectivity index (χ0) is 11.4. The average Bonchev–Trinajstić information content (AvgIpc) is 2.33. The molecule has 16 heavy (non-hydrogen) atoms. The first-order valence-corrected chi connectivity index (χ1v) is 7.90. The fourth-order valence-corrected chi connectivity index (χ4v) is 3.65. The Hall–Kier alpha value is -1.34. The van der Waals surface area contributed by atoms with E-state index in [1.54, 1.807) is 0 Å². The van der Waals surface area contributed by atoms with Crippen LogP contribution in [0.2, 0.25) is 6.55 Å². The van der Waals surface area contributed by atoms with Gasteiger partial charge in [-0.1, -0.05) is 77.5 Å². The highest BCUT2D eigenvalue weighted by Gasteiger charge is 2.07. The highest BCUT2D eigenvalue weighted by Crippen LogP contribution is 2.05. The van der Waals surface area contributed by atoms with Crippen molar-refractivity contribution >= 4 is 14.0 Å². The smallest absolute Gasteiger partial charge is 0.0666 e. The summed E-state index contributed by atoms with van der Waals surface area (Å²) in [5.41, 5.74) is 2.80. The molecule has 0 bridgehead atoms. The molecule has 0 fully saturated rings. The van der Waals surface area contributed by atoms with E-state index in [1.165, 1.54) is 22.4 Å². The number of hydrogen-bond donors (Lipinski definition) is 0. The second kappa shape index (κ2) is 5.13. The van der Waals surface area contributed by atoms with Crippen LogP contribution in [0, 0.1) is 6.92 Å². The van der Waals surface area contributed by atoms with Gasteiger partial charge in [-0.3, -0.25) is 0 Å². The van der Waals surface area contributed by atoms with Gasteiger partial charge in [0.05, 0.1) is 8.80 Å². The maximum atomic E-state index is 2.39. The normalized spacial score (nSPS) is 10.7. The number of aryl methyl sites for hydroxylation is 1. The lowest BCUT2D eigenvalue weighted by atomic mass is 10.2. The van der Waals surface area contributed by atoms with Crippen LogP contribution in [-0.4, -0.2) is 8.80 Å². The molecule has 0 aromatic heterocycles. The van der Waals surface area contributed by atoms with Gasteiger partial charge in [-0.2, -0.15) is 0 Å². The lowest BCUT2D eigenvalue weighted by Gasteiger charge is -2.10. The molecule has 2 aromatic rings. The van der Waals surface area contributed by atoms with Crippen LogP contribution in [0.3, 0.4) is 0 Å². The minimum absolute atomic E-state index is 0.432. The molecule has 0 N–H and O–H groups in total. The Labute approximate surface area is 99.6 Å². The van der Waals surface area contributed by atoms with Gasteiger partial charge in [0.25, 0.3) is 0 Å². The van der Waals surface area contributed by atoms with Gasteiger partial charge in [-0.05, 0) is 13.0 Å². The maximum absolute atomic E-state index is 2.39. The van der Waals surface area contributed by atoms with Gasteiger partial charge in [0.2, 0.25) is 0 Å². The Morgan fingerprint density at radius 2 is 1.50 bits per heavy atom. The molecule has 81 valence electrons. The first-order valence-electron chi connectivity index (χ1n) is 5.69. The number of hydrogen-bond acceptors (Lipinski definition) is 0. The molecule has 0 nitrogen and oxygen atoms in total. The van der Waals surface area contributed by atoms with Gasteiger partial charge in [-0.15, -0.1) is 0 Å². The summed E-state index contributed by atoms with van der Waals surface area (Å²) in [5.74, 6) is 0. The van der Waals surface area contributed by atoms with Crippen molar-refractivity contribution in [1.29, 1.82) is 0 Å². The van der Waals surface area contributed by atoms with Crippen LogP contribution in [0.4, 0.5) is 0 Å². The lowest BCUT2D eigenvalue weighted by Crippen LogP contribution is -2.28. The molecule has 1 heteroatoms. The third-order valence-electron chi connectivity index (χ3n) is 2.86. The second-order valence-electron chi connectivity index (χ2n) is 4.31. The Bertz CT molecular complexity index is 431. The van der Waals surface area contributed by atoms with Crippen LogP contribution in [0.1, 0.15) is 11.1 Å². The monoisotopic (exact) mass is 225 g/mol. The van der Waals surface area contributed by atoms with E-state index in [-0.39, 0.29) is 0 Å². The lowest BCUT2D eigenvalue weighted by molar-refractivity contribution is 1.33. The van der Waals surface area contributed by atoms with Gasteiger partial charge >= 0.3 is 0 Å². The molecule has 0 amide bonds. The number of rotatable bonds is 3. The quantitative estimate of drug-likeness (QED) is 0.704. The van der Waals surface area contributed by atoms with Crippen LogP contribution in [0.5, 0.6) is 0 Å². The van der Waals surface area contributed by atoms with Gasteiger partial charge < -0.3 is 0 Å². The molecule has 2 rings (SSSR count). The molecule has 0 saturated carbocycles. The summed E-state index contributed by atoms with van der Waals surface area (Å²) < 4.78 is 0. The minimum atomic E-state index is -0.432. The van der Waals surface area contributed by atoms with E-state index < -0.39 is 8.80 Å². The summed E-state index contributed by atoms with van der Waals surface area (Å²) in [4.78, 5) is 0. The van der Waals surface area contributed by atoms with Crippen LogP contribution in [0.15, 0.2) is 54.6 Å². The van der Waals surface area contributed by atoms with Crippen molar-refractivity contribution in [2.24, 2.45) is 0 Å². The second-order valence-corrected chi connectivity index (χ2v) is 6.80. The Morgan fingerprint density at radius 1 is 0.875 bits per heavy atom. The standard InChI is InChI=1S/C15H17Si/c1-13-8-10-14(11-9-13)12-16(2)15-6-4-3-5-7-15/h3-11H,12H2,1-2H3. The first kappa shape index (κ1) is 11.2. The van der Waals surface area contributed by atoms with E-state index in [0.29, 0.717) is 0 Å². The molecule has 0 spiro atoms. The van der Waals surface area contributed by atoms with Gasteiger partial charge in [0, 0.05) is 0 Å². The highest BCUT2D eigenvalue weighted by molar-refractivity contribution is 6.71. The largest absolute Gasteiger partial charge is 0.0869 e. The fourth-order valence-electron chi connectivity index (χ4n) is 1.84. The topological polar surface area (TPSA) is 0 Å². The third kappa shape index (κ3) is 2.83. The summed E-state index contributed by atoms with van der Waals surface area (Å²) in [6.07, 6.45) is 0. The molecule has 1 radical (unpaired) electrons. The minimum Gasteiger partial charge on any atom is -0.0666 e. The summed E-state index contributed by atoms with van der Waals surface area (Å²) in [6, 6.07) is 21.0. The SMILES string of the molecule is Cc1ccc(C[Si](C)c2ccccc2)cc1. The molecule has 0 atom stereocenters.